The number of carbonyl (C=O) groups excluding carboxylic acids is 5. The number of amides is 5. The van der Waals surface area contributed by atoms with Crippen molar-refractivity contribution < 1.29 is 24.0 Å². The molecule has 0 fully saturated rings. The van der Waals surface area contributed by atoms with Gasteiger partial charge in [-0.15, -0.1) is 0 Å². The van der Waals surface area contributed by atoms with Crippen molar-refractivity contribution in [2.24, 2.45) is 40.1 Å². The second-order valence-electron chi connectivity index (χ2n) is 15.4. The van der Waals surface area contributed by atoms with E-state index >= 15 is 0 Å². The van der Waals surface area contributed by atoms with Crippen molar-refractivity contribution in [2.45, 2.75) is 105 Å². The molecule has 300 valence electrons. The summed E-state index contributed by atoms with van der Waals surface area (Å²) in [6, 6.07) is 5.43. The topological polar surface area (TPSA) is 187 Å². The molecule has 0 aliphatic rings. The van der Waals surface area contributed by atoms with Gasteiger partial charge >= 0.3 is 0 Å². The summed E-state index contributed by atoms with van der Waals surface area (Å²) < 4.78 is 0. The number of nitrogens with two attached hydrogens (primary N) is 2. The van der Waals surface area contributed by atoms with Gasteiger partial charge in [-0.2, -0.15) is 0 Å². The van der Waals surface area contributed by atoms with E-state index in [4.69, 9.17) is 11.5 Å². The van der Waals surface area contributed by atoms with Crippen LogP contribution in [0.5, 0.6) is 0 Å². The van der Waals surface area contributed by atoms with E-state index in [0.717, 1.165) is 5.56 Å². The third-order valence-electron chi connectivity index (χ3n) is 9.76. The average Bonchev–Trinajstić information content (AvgIpc) is 3.08. The lowest BCUT2D eigenvalue weighted by atomic mass is 9.94. The van der Waals surface area contributed by atoms with Gasteiger partial charge in [0.25, 0.3) is 0 Å². The third-order valence-corrected chi connectivity index (χ3v) is 9.76. The lowest BCUT2D eigenvalue weighted by Crippen LogP contribution is -2.62. The van der Waals surface area contributed by atoms with Crippen molar-refractivity contribution >= 4 is 35.5 Å². The summed E-state index contributed by atoms with van der Waals surface area (Å²) in [6.45, 7) is 15.9. The molecule has 14 heteroatoms. The Hall–Kier alpha value is -4.20. The van der Waals surface area contributed by atoms with E-state index in [1.807, 2.05) is 85.7 Å². The van der Waals surface area contributed by atoms with Gasteiger partial charge in [-0.3, -0.25) is 29.0 Å². The minimum Gasteiger partial charge on any atom is -0.370 e. The zero-order chi connectivity index (χ0) is 40.7. The van der Waals surface area contributed by atoms with Crippen molar-refractivity contribution in [3.8, 4) is 0 Å². The summed E-state index contributed by atoms with van der Waals surface area (Å²) in [6.07, 6.45) is 1.58. The molecule has 0 heterocycles. The number of carbonyl (C=O) groups is 5. The van der Waals surface area contributed by atoms with Gasteiger partial charge in [0.2, 0.25) is 29.5 Å². The number of benzene rings is 1. The maximum atomic E-state index is 14.5. The molecule has 0 aliphatic heterocycles. The summed E-state index contributed by atoms with van der Waals surface area (Å²) in [7, 11) is 8.09. The Bertz CT molecular complexity index is 1360. The lowest BCUT2D eigenvalue weighted by molar-refractivity contribution is -0.157. The summed E-state index contributed by atoms with van der Waals surface area (Å²) in [5.41, 5.74) is 11.7. The highest BCUT2D eigenvalue weighted by atomic mass is 16.2. The van der Waals surface area contributed by atoms with Crippen molar-refractivity contribution in [3.63, 3.8) is 0 Å². The molecule has 1 aromatic carbocycles. The zero-order valence-corrected chi connectivity index (χ0v) is 34.6. The molecule has 53 heavy (non-hydrogen) atoms. The number of nitrogens with zero attached hydrogens (tertiary/aromatic N) is 5. The number of unbranched alkanes of at least 4 members (excludes halogenated alkanes) is 1. The van der Waals surface area contributed by atoms with E-state index < -0.39 is 42.0 Å². The second kappa shape index (κ2) is 22.1. The van der Waals surface area contributed by atoms with Gasteiger partial charge in [0.1, 0.15) is 24.2 Å². The summed E-state index contributed by atoms with van der Waals surface area (Å²) in [5, 5.41) is 6.02. The normalized spacial score (nSPS) is 14.3. The molecule has 1 aromatic rings. The molecule has 1 rings (SSSR count). The van der Waals surface area contributed by atoms with Crippen LogP contribution in [0.25, 0.3) is 0 Å². The van der Waals surface area contributed by atoms with Crippen molar-refractivity contribution in [1.29, 1.82) is 0 Å². The van der Waals surface area contributed by atoms with Gasteiger partial charge in [0.15, 0.2) is 5.96 Å². The van der Waals surface area contributed by atoms with Crippen molar-refractivity contribution in [2.75, 3.05) is 48.3 Å². The van der Waals surface area contributed by atoms with E-state index in [2.05, 4.69) is 15.6 Å². The minimum atomic E-state index is -0.935. The largest absolute Gasteiger partial charge is 0.370 e. The Morgan fingerprint density at radius 3 is 1.47 bits per heavy atom. The number of likely N-dealkylation sites (N-methyl/N-ethyl adjacent to an activating group) is 5. The van der Waals surface area contributed by atoms with Crippen LogP contribution in [0.1, 0.15) is 73.8 Å². The van der Waals surface area contributed by atoms with E-state index in [1.54, 1.807) is 35.2 Å². The highest BCUT2D eigenvalue weighted by Crippen LogP contribution is 2.23. The van der Waals surface area contributed by atoms with Crippen LogP contribution in [-0.4, -0.2) is 134 Å². The van der Waals surface area contributed by atoms with Crippen molar-refractivity contribution in [3.05, 3.63) is 35.9 Å². The third kappa shape index (κ3) is 13.3. The van der Waals surface area contributed by atoms with Crippen LogP contribution in [-0.2, 0) is 30.4 Å². The van der Waals surface area contributed by atoms with Gasteiger partial charge < -0.3 is 41.7 Å². The van der Waals surface area contributed by atoms with Gasteiger partial charge in [-0.1, -0.05) is 85.7 Å². The number of guanidine groups is 1. The maximum absolute atomic E-state index is 14.5. The van der Waals surface area contributed by atoms with E-state index in [-0.39, 0.29) is 53.8 Å². The first kappa shape index (κ1) is 46.8. The number of rotatable bonds is 21. The Balaban J connectivity index is 3.41. The van der Waals surface area contributed by atoms with Crippen LogP contribution in [0.4, 0.5) is 0 Å². The van der Waals surface area contributed by atoms with Crippen LogP contribution >= 0.6 is 0 Å². The Kier molecular flexibility index (Phi) is 19.5. The standard InChI is InChI=1S/C39H69N9O5/c1-24(2)30(42-9)35(50)46(11)32(26(5)6)37(52)48(13)33(27(7)8)38(53)47(12)31(25(3)4)36(51)45(10)29(23-28-19-15-14-16-20-28)34(49)43-21-17-18-22-44-39(40)41/h14-16,19-20,24-27,29-33,42H,17-18,21-23H2,1-13H3,(H,43,49)(H4,40,41,44)/t29-,30-,31-,32-,33-/m0/s1. The second-order valence-corrected chi connectivity index (χ2v) is 15.4. The Morgan fingerprint density at radius 2 is 1.08 bits per heavy atom. The van der Waals surface area contributed by atoms with Crippen molar-refractivity contribution in [1.82, 2.24) is 30.2 Å². The Labute approximate surface area is 318 Å². The first-order valence-corrected chi connectivity index (χ1v) is 18.8. The number of aliphatic imine (C=N–C) groups is 1. The molecule has 0 aromatic heterocycles. The molecular formula is C39H69N9O5. The molecule has 0 saturated heterocycles. The van der Waals surface area contributed by atoms with Crippen LogP contribution in [0.15, 0.2) is 35.3 Å². The van der Waals surface area contributed by atoms with E-state index in [1.165, 1.54) is 19.6 Å². The van der Waals surface area contributed by atoms with Gasteiger partial charge in [-0.05, 0) is 49.1 Å². The van der Waals surface area contributed by atoms with Gasteiger partial charge in [0.05, 0.1) is 6.04 Å². The highest BCUT2D eigenvalue weighted by Gasteiger charge is 2.43. The van der Waals surface area contributed by atoms with E-state index in [0.29, 0.717) is 25.9 Å². The zero-order valence-electron chi connectivity index (χ0n) is 34.6. The predicted octanol–water partition coefficient (Wildman–Crippen LogP) is 1.92. The fourth-order valence-corrected chi connectivity index (χ4v) is 6.86. The first-order valence-electron chi connectivity index (χ1n) is 18.8. The number of hydrogen-bond acceptors (Lipinski definition) is 7. The van der Waals surface area contributed by atoms with Crippen LogP contribution in [0, 0.1) is 23.7 Å². The van der Waals surface area contributed by atoms with Gasteiger partial charge in [0, 0.05) is 47.7 Å². The maximum Gasteiger partial charge on any atom is 0.246 e. The van der Waals surface area contributed by atoms with Gasteiger partial charge in [-0.25, -0.2) is 0 Å². The summed E-state index contributed by atoms with van der Waals surface area (Å²) >= 11 is 0. The molecule has 0 spiro atoms. The molecule has 0 bridgehead atoms. The smallest absolute Gasteiger partial charge is 0.246 e. The van der Waals surface area contributed by atoms with Crippen LogP contribution < -0.4 is 22.1 Å². The SMILES string of the molecule is CN[C@H](C(=O)N(C)[C@H](C(=O)N(C)[C@H](C(=O)N(C)[C@H](C(=O)N(C)[C@@H](Cc1ccccc1)C(=O)NCCCCN=C(N)N)C(C)C)C(C)C)C(C)C)C(C)C. The van der Waals surface area contributed by atoms with Crippen LogP contribution in [0.3, 0.4) is 0 Å². The molecule has 5 atom stereocenters. The molecular weight excluding hydrogens is 674 g/mol. The molecule has 0 aliphatic carbocycles. The Morgan fingerprint density at radius 1 is 0.642 bits per heavy atom. The summed E-state index contributed by atoms with van der Waals surface area (Å²) in [5.74, 6) is -2.57. The predicted molar refractivity (Wildman–Crippen MR) is 211 cm³/mol. The minimum absolute atomic E-state index is 0.00166. The molecule has 5 amide bonds. The number of hydrogen-bond donors (Lipinski definition) is 4. The average molecular weight is 744 g/mol. The fourth-order valence-electron chi connectivity index (χ4n) is 6.86. The molecule has 0 unspecified atom stereocenters. The lowest BCUT2D eigenvalue weighted by Gasteiger charge is -2.42. The summed E-state index contributed by atoms with van der Waals surface area (Å²) in [4.78, 5) is 80.1. The molecule has 14 nitrogen and oxygen atoms in total. The number of nitrogens with one attached hydrogen (secondary N) is 2. The quantitative estimate of drug-likeness (QED) is 0.0836. The monoisotopic (exact) mass is 744 g/mol. The first-order chi connectivity index (χ1) is 24.7. The molecule has 0 radical (unpaired) electrons. The van der Waals surface area contributed by atoms with Crippen LogP contribution in [0.2, 0.25) is 0 Å². The molecule has 0 saturated carbocycles. The fraction of sp³-hybridized carbons (Fsp3) is 0.692. The van der Waals surface area contributed by atoms with E-state index in [9.17, 15) is 24.0 Å². The molecule has 6 N–H and O–H groups in total. The highest BCUT2D eigenvalue weighted by molar-refractivity contribution is 5.96.